The highest BCUT2D eigenvalue weighted by Crippen LogP contribution is 2.23. The standard InChI is InChI=1S/C15H20N4O3/c1-21-10-13-17-15(22-18-13)12-4-5-14(16-7-12)19-6-2-3-11(8-19)9-20/h4-5,7,11,20H,2-3,6,8-10H2,1H3. The lowest BCUT2D eigenvalue weighted by Gasteiger charge is -2.32. The molecule has 1 fully saturated rings. The highest BCUT2D eigenvalue weighted by Gasteiger charge is 2.20. The summed E-state index contributed by atoms with van der Waals surface area (Å²) in [5, 5.41) is 13.1. The normalized spacial score (nSPS) is 18.6. The van der Waals surface area contributed by atoms with E-state index in [4.69, 9.17) is 9.26 Å². The van der Waals surface area contributed by atoms with Crippen molar-refractivity contribution in [2.75, 3.05) is 31.7 Å². The molecule has 0 aliphatic carbocycles. The van der Waals surface area contributed by atoms with Crippen LogP contribution in [0.5, 0.6) is 0 Å². The highest BCUT2D eigenvalue weighted by atomic mass is 16.5. The lowest BCUT2D eigenvalue weighted by atomic mass is 9.99. The summed E-state index contributed by atoms with van der Waals surface area (Å²) in [7, 11) is 1.59. The summed E-state index contributed by atoms with van der Waals surface area (Å²) in [4.78, 5) is 10.9. The topological polar surface area (TPSA) is 84.5 Å². The maximum atomic E-state index is 9.31. The Morgan fingerprint density at radius 3 is 3.09 bits per heavy atom. The second-order valence-electron chi connectivity index (χ2n) is 5.49. The Hall–Kier alpha value is -1.99. The Labute approximate surface area is 128 Å². The maximum Gasteiger partial charge on any atom is 0.259 e. The number of aliphatic hydroxyl groups is 1. The van der Waals surface area contributed by atoms with Gasteiger partial charge in [-0.1, -0.05) is 5.16 Å². The molecule has 3 rings (SSSR count). The van der Waals surface area contributed by atoms with Crippen molar-refractivity contribution in [2.24, 2.45) is 5.92 Å². The number of aliphatic hydroxyl groups excluding tert-OH is 1. The van der Waals surface area contributed by atoms with Gasteiger partial charge in [-0.3, -0.25) is 0 Å². The number of methoxy groups -OCH3 is 1. The number of aromatic nitrogens is 3. The molecule has 7 nitrogen and oxygen atoms in total. The third kappa shape index (κ3) is 3.26. The summed E-state index contributed by atoms with van der Waals surface area (Å²) < 4.78 is 10.2. The number of piperidine rings is 1. The van der Waals surface area contributed by atoms with E-state index in [1.54, 1.807) is 13.3 Å². The molecule has 0 bridgehead atoms. The number of anilines is 1. The Morgan fingerprint density at radius 2 is 2.36 bits per heavy atom. The lowest BCUT2D eigenvalue weighted by Crippen LogP contribution is -2.37. The fourth-order valence-electron chi connectivity index (χ4n) is 2.68. The zero-order chi connectivity index (χ0) is 15.4. The van der Waals surface area contributed by atoms with E-state index in [1.807, 2.05) is 12.1 Å². The highest BCUT2D eigenvalue weighted by molar-refractivity contribution is 5.54. The van der Waals surface area contributed by atoms with Gasteiger partial charge in [0.15, 0.2) is 5.82 Å². The second kappa shape index (κ2) is 6.85. The van der Waals surface area contributed by atoms with Crippen LogP contribution in [0.25, 0.3) is 11.5 Å². The zero-order valence-corrected chi connectivity index (χ0v) is 12.6. The monoisotopic (exact) mass is 304 g/mol. The molecule has 0 saturated carbocycles. The van der Waals surface area contributed by atoms with Gasteiger partial charge in [-0.25, -0.2) is 4.98 Å². The van der Waals surface area contributed by atoms with Gasteiger partial charge in [-0.2, -0.15) is 4.98 Å². The van der Waals surface area contributed by atoms with Crippen molar-refractivity contribution < 1.29 is 14.4 Å². The van der Waals surface area contributed by atoms with E-state index in [0.29, 0.717) is 24.2 Å². The molecule has 0 radical (unpaired) electrons. The molecule has 3 heterocycles. The van der Waals surface area contributed by atoms with Gasteiger partial charge in [-0.15, -0.1) is 0 Å². The number of hydrogen-bond acceptors (Lipinski definition) is 7. The lowest BCUT2D eigenvalue weighted by molar-refractivity contribution is 0.174. The number of hydrogen-bond donors (Lipinski definition) is 1. The average Bonchev–Trinajstić information content (AvgIpc) is 3.04. The summed E-state index contributed by atoms with van der Waals surface area (Å²) in [5.41, 5.74) is 0.786. The van der Waals surface area contributed by atoms with E-state index < -0.39 is 0 Å². The van der Waals surface area contributed by atoms with Gasteiger partial charge >= 0.3 is 0 Å². The van der Waals surface area contributed by atoms with Crippen LogP contribution in [-0.2, 0) is 11.3 Å². The van der Waals surface area contributed by atoms with Gasteiger partial charge in [0, 0.05) is 33.0 Å². The van der Waals surface area contributed by atoms with Crippen LogP contribution >= 0.6 is 0 Å². The predicted molar refractivity (Wildman–Crippen MR) is 80.3 cm³/mol. The second-order valence-corrected chi connectivity index (χ2v) is 5.49. The molecule has 7 heteroatoms. The van der Waals surface area contributed by atoms with Crippen LogP contribution in [0, 0.1) is 5.92 Å². The number of ether oxygens (including phenoxy) is 1. The van der Waals surface area contributed by atoms with Crippen molar-refractivity contribution in [1.29, 1.82) is 0 Å². The number of pyridine rings is 1. The number of rotatable bonds is 5. The molecule has 1 saturated heterocycles. The van der Waals surface area contributed by atoms with E-state index in [9.17, 15) is 5.11 Å². The first-order chi connectivity index (χ1) is 10.8. The fourth-order valence-corrected chi connectivity index (χ4v) is 2.68. The molecular weight excluding hydrogens is 284 g/mol. The van der Waals surface area contributed by atoms with Crippen LogP contribution in [0.2, 0.25) is 0 Å². The van der Waals surface area contributed by atoms with E-state index >= 15 is 0 Å². The summed E-state index contributed by atoms with van der Waals surface area (Å²) >= 11 is 0. The Kier molecular flexibility index (Phi) is 4.65. The van der Waals surface area contributed by atoms with Crippen LogP contribution in [0.3, 0.4) is 0 Å². The van der Waals surface area contributed by atoms with Gasteiger partial charge in [0.2, 0.25) is 0 Å². The largest absolute Gasteiger partial charge is 0.396 e. The van der Waals surface area contributed by atoms with Gasteiger partial charge in [-0.05, 0) is 30.9 Å². The molecular formula is C15H20N4O3. The Morgan fingerprint density at radius 1 is 1.45 bits per heavy atom. The minimum atomic E-state index is 0.235. The van der Waals surface area contributed by atoms with Crippen LogP contribution < -0.4 is 4.90 Å². The Bertz CT molecular complexity index is 599. The van der Waals surface area contributed by atoms with Gasteiger partial charge in [0.05, 0.1) is 5.56 Å². The van der Waals surface area contributed by atoms with Crippen molar-refractivity contribution >= 4 is 5.82 Å². The molecule has 1 atom stereocenters. The zero-order valence-electron chi connectivity index (χ0n) is 12.6. The van der Waals surface area contributed by atoms with Crippen molar-refractivity contribution in [3.63, 3.8) is 0 Å². The summed E-state index contributed by atoms with van der Waals surface area (Å²) in [6.07, 6.45) is 3.90. The van der Waals surface area contributed by atoms with Gasteiger partial charge in [0.1, 0.15) is 12.4 Å². The maximum absolute atomic E-state index is 9.31. The van der Waals surface area contributed by atoms with Gasteiger partial charge in [0.25, 0.3) is 5.89 Å². The first kappa shape index (κ1) is 14.9. The minimum absolute atomic E-state index is 0.235. The first-order valence-electron chi connectivity index (χ1n) is 7.44. The van der Waals surface area contributed by atoms with E-state index in [0.717, 1.165) is 37.3 Å². The van der Waals surface area contributed by atoms with Crippen molar-refractivity contribution in [2.45, 2.75) is 19.4 Å². The van der Waals surface area contributed by atoms with Crippen molar-refractivity contribution in [3.05, 3.63) is 24.2 Å². The third-order valence-corrected chi connectivity index (χ3v) is 3.84. The van der Waals surface area contributed by atoms with Crippen molar-refractivity contribution in [1.82, 2.24) is 15.1 Å². The van der Waals surface area contributed by atoms with Crippen LogP contribution in [0.4, 0.5) is 5.82 Å². The molecule has 2 aromatic heterocycles. The molecule has 1 aliphatic rings. The molecule has 0 spiro atoms. The molecule has 118 valence electrons. The smallest absolute Gasteiger partial charge is 0.259 e. The molecule has 1 N–H and O–H groups in total. The SMILES string of the molecule is COCc1noc(-c2ccc(N3CCCC(CO)C3)nc2)n1. The van der Waals surface area contributed by atoms with Crippen molar-refractivity contribution in [3.8, 4) is 11.5 Å². The van der Waals surface area contributed by atoms with E-state index in [2.05, 4.69) is 20.0 Å². The van der Waals surface area contributed by atoms with Gasteiger partial charge < -0.3 is 19.3 Å². The average molecular weight is 304 g/mol. The summed E-state index contributed by atoms with van der Waals surface area (Å²) in [6.45, 7) is 2.38. The molecule has 0 amide bonds. The summed E-state index contributed by atoms with van der Waals surface area (Å²) in [5.74, 6) is 2.21. The molecule has 22 heavy (non-hydrogen) atoms. The van der Waals surface area contributed by atoms with Crippen LogP contribution in [0.15, 0.2) is 22.9 Å². The quantitative estimate of drug-likeness (QED) is 0.895. The fraction of sp³-hybridized carbons (Fsp3) is 0.533. The summed E-state index contributed by atoms with van der Waals surface area (Å²) in [6, 6.07) is 3.88. The minimum Gasteiger partial charge on any atom is -0.396 e. The van der Waals surface area contributed by atoms with E-state index in [1.165, 1.54) is 0 Å². The number of nitrogens with zero attached hydrogens (tertiary/aromatic N) is 4. The predicted octanol–water partition coefficient (Wildman–Crippen LogP) is 1.49. The third-order valence-electron chi connectivity index (χ3n) is 3.84. The Balaban J connectivity index is 1.71. The molecule has 1 unspecified atom stereocenters. The van der Waals surface area contributed by atoms with Crippen LogP contribution in [0.1, 0.15) is 18.7 Å². The first-order valence-corrected chi connectivity index (χ1v) is 7.44. The molecule has 1 aliphatic heterocycles. The molecule has 2 aromatic rings. The van der Waals surface area contributed by atoms with E-state index in [-0.39, 0.29) is 6.61 Å². The van der Waals surface area contributed by atoms with Crippen LogP contribution in [-0.4, -0.2) is 47.0 Å². The molecule has 0 aromatic carbocycles.